The molecule has 1 heterocycles. The van der Waals surface area contributed by atoms with Crippen LogP contribution in [-0.2, 0) is 9.59 Å². The summed E-state index contributed by atoms with van der Waals surface area (Å²) in [5.41, 5.74) is 0.296. The number of methoxy groups -OCH3 is 2. The van der Waals surface area contributed by atoms with Crippen LogP contribution in [0, 0.1) is 0 Å². The normalized spacial score (nSPS) is 15.3. The highest BCUT2D eigenvalue weighted by Gasteiger charge is 2.35. The molecular formula is C20H15ClN2O5S. The van der Waals surface area contributed by atoms with Crippen molar-refractivity contribution in [2.45, 2.75) is 0 Å². The lowest BCUT2D eigenvalue weighted by Crippen LogP contribution is -2.54. The van der Waals surface area contributed by atoms with Gasteiger partial charge >= 0.3 is 0 Å². The molecule has 1 aliphatic heterocycles. The van der Waals surface area contributed by atoms with Crippen LogP contribution in [0.25, 0.3) is 0 Å². The molecule has 3 rings (SSSR count). The molecule has 1 fully saturated rings. The fraction of sp³-hybridized carbons (Fsp3) is 0.100. The zero-order valence-electron chi connectivity index (χ0n) is 15.4. The zero-order valence-corrected chi connectivity index (χ0v) is 17.0. The van der Waals surface area contributed by atoms with E-state index in [2.05, 4.69) is 5.32 Å². The third-order valence-corrected chi connectivity index (χ3v) is 4.67. The summed E-state index contributed by atoms with van der Waals surface area (Å²) in [5.74, 6) is -1.22. The van der Waals surface area contributed by atoms with Crippen LogP contribution in [-0.4, -0.2) is 36.9 Å². The van der Waals surface area contributed by atoms with Crippen molar-refractivity contribution in [3.05, 3.63) is 64.7 Å². The Hall–Kier alpha value is -3.23. The molecule has 2 amide bonds. The maximum atomic E-state index is 12.9. The number of nitrogens with zero attached hydrogens (tertiary/aromatic N) is 1. The highest BCUT2D eigenvalue weighted by Crippen LogP contribution is 2.28. The molecular weight excluding hydrogens is 416 g/mol. The van der Waals surface area contributed by atoms with Gasteiger partial charge in [-0.3, -0.25) is 24.6 Å². The molecule has 0 aliphatic carbocycles. The van der Waals surface area contributed by atoms with Crippen molar-refractivity contribution in [2.24, 2.45) is 0 Å². The van der Waals surface area contributed by atoms with E-state index in [1.165, 1.54) is 26.4 Å². The van der Waals surface area contributed by atoms with Gasteiger partial charge in [0, 0.05) is 16.7 Å². The summed E-state index contributed by atoms with van der Waals surface area (Å²) in [6, 6.07) is 10.9. The Morgan fingerprint density at radius 3 is 2.34 bits per heavy atom. The van der Waals surface area contributed by atoms with Gasteiger partial charge < -0.3 is 9.47 Å². The first-order chi connectivity index (χ1) is 13.8. The Labute approximate surface area is 176 Å². The second-order valence-corrected chi connectivity index (χ2v) is 6.69. The quantitative estimate of drug-likeness (QED) is 0.340. The summed E-state index contributed by atoms with van der Waals surface area (Å²) in [6.07, 6.45) is 0.976. The molecule has 0 aromatic heterocycles. The number of amides is 2. The van der Waals surface area contributed by atoms with Gasteiger partial charge in [-0.2, -0.15) is 0 Å². The van der Waals surface area contributed by atoms with Gasteiger partial charge in [-0.25, -0.2) is 0 Å². The monoisotopic (exact) mass is 430 g/mol. The van der Waals surface area contributed by atoms with Crippen LogP contribution in [0.15, 0.2) is 54.1 Å². The molecule has 2 aromatic rings. The van der Waals surface area contributed by atoms with E-state index in [-0.39, 0.29) is 16.2 Å². The van der Waals surface area contributed by atoms with Gasteiger partial charge in [0.25, 0.3) is 11.8 Å². The Balaban J connectivity index is 1.95. The van der Waals surface area contributed by atoms with Gasteiger partial charge in [0.2, 0.25) is 0 Å². The molecule has 0 spiro atoms. The maximum Gasteiger partial charge on any atom is 0.270 e. The summed E-state index contributed by atoms with van der Waals surface area (Å²) in [7, 11) is 2.91. The number of benzene rings is 2. The lowest BCUT2D eigenvalue weighted by molar-refractivity contribution is -0.122. The number of nitrogens with one attached hydrogen (secondary N) is 1. The van der Waals surface area contributed by atoms with Crippen molar-refractivity contribution in [2.75, 3.05) is 19.1 Å². The van der Waals surface area contributed by atoms with Gasteiger partial charge in [-0.05, 0) is 54.7 Å². The molecule has 0 atom stereocenters. The molecule has 9 heteroatoms. The molecule has 0 unspecified atom stereocenters. The highest BCUT2D eigenvalue weighted by molar-refractivity contribution is 7.80. The predicted octanol–water partition coefficient (Wildman–Crippen LogP) is 2.91. The molecule has 0 radical (unpaired) electrons. The Bertz CT molecular complexity index is 1050. The van der Waals surface area contributed by atoms with Gasteiger partial charge in [0.1, 0.15) is 5.57 Å². The number of thiocarbonyl (C=S) groups is 1. The number of anilines is 1. The van der Waals surface area contributed by atoms with Gasteiger partial charge in [0.15, 0.2) is 22.4 Å². The Kier molecular flexibility index (Phi) is 5.95. The SMILES string of the molecule is COc1ccc(C(=O)/C=C2/C(=O)NC(=S)N(c3ccc(Cl)cc3)C2=O)cc1OC. The second kappa shape index (κ2) is 8.42. The lowest BCUT2D eigenvalue weighted by atomic mass is 10.0. The smallest absolute Gasteiger partial charge is 0.270 e. The van der Waals surface area contributed by atoms with Crippen LogP contribution in [0.3, 0.4) is 0 Å². The third kappa shape index (κ3) is 4.13. The first kappa shape index (κ1) is 20.5. The number of carbonyl (C=O) groups is 3. The third-order valence-electron chi connectivity index (χ3n) is 4.13. The van der Waals surface area contributed by atoms with Crippen molar-refractivity contribution in [3.8, 4) is 11.5 Å². The summed E-state index contributed by atoms with van der Waals surface area (Å²) >= 11 is 11.0. The van der Waals surface area contributed by atoms with E-state index in [9.17, 15) is 14.4 Å². The fourth-order valence-corrected chi connectivity index (χ4v) is 3.09. The largest absolute Gasteiger partial charge is 0.493 e. The minimum absolute atomic E-state index is 0.0851. The van der Waals surface area contributed by atoms with Crippen LogP contribution >= 0.6 is 23.8 Å². The predicted molar refractivity (Wildman–Crippen MR) is 112 cm³/mol. The van der Waals surface area contributed by atoms with Crippen molar-refractivity contribution < 1.29 is 23.9 Å². The van der Waals surface area contributed by atoms with E-state index in [1.807, 2.05) is 0 Å². The summed E-state index contributed by atoms with van der Waals surface area (Å²) in [5, 5.41) is 2.81. The van der Waals surface area contributed by atoms with Crippen LogP contribution in [0.2, 0.25) is 5.02 Å². The summed E-state index contributed by atoms with van der Waals surface area (Å²) in [6.45, 7) is 0. The fourth-order valence-electron chi connectivity index (χ4n) is 2.69. The maximum absolute atomic E-state index is 12.9. The summed E-state index contributed by atoms with van der Waals surface area (Å²) < 4.78 is 10.3. The van der Waals surface area contributed by atoms with E-state index < -0.39 is 17.6 Å². The van der Waals surface area contributed by atoms with E-state index >= 15 is 0 Å². The summed E-state index contributed by atoms with van der Waals surface area (Å²) in [4.78, 5) is 39.0. The van der Waals surface area contributed by atoms with E-state index in [0.717, 1.165) is 11.0 Å². The number of allylic oxidation sites excluding steroid dienone is 1. The number of rotatable bonds is 5. The van der Waals surface area contributed by atoms with E-state index in [1.54, 1.807) is 30.3 Å². The molecule has 1 aliphatic rings. The van der Waals surface area contributed by atoms with Crippen LogP contribution in [0.4, 0.5) is 5.69 Å². The van der Waals surface area contributed by atoms with Crippen molar-refractivity contribution >= 4 is 52.2 Å². The molecule has 2 aromatic carbocycles. The molecule has 1 saturated heterocycles. The zero-order chi connectivity index (χ0) is 21.1. The second-order valence-electron chi connectivity index (χ2n) is 5.87. The van der Waals surface area contributed by atoms with Gasteiger partial charge in [-0.15, -0.1) is 0 Å². The topological polar surface area (TPSA) is 84.9 Å². The minimum Gasteiger partial charge on any atom is -0.493 e. The average Bonchev–Trinajstić information content (AvgIpc) is 2.71. The molecule has 29 heavy (non-hydrogen) atoms. The number of hydrogen-bond donors (Lipinski definition) is 1. The Morgan fingerprint density at radius 1 is 1.07 bits per heavy atom. The minimum atomic E-state index is -0.751. The highest BCUT2D eigenvalue weighted by atomic mass is 35.5. The standard InChI is InChI=1S/C20H15ClN2O5S/c1-27-16-8-3-11(9-17(16)28-2)15(24)10-14-18(25)22-20(29)23(19(14)26)13-6-4-12(21)5-7-13/h3-10H,1-2H3,(H,22,25,29)/b14-10-. The van der Waals surface area contributed by atoms with E-state index in [0.29, 0.717) is 22.2 Å². The number of halogens is 1. The number of hydrogen-bond acceptors (Lipinski definition) is 6. The average molecular weight is 431 g/mol. The number of ether oxygens (including phenoxy) is 2. The van der Waals surface area contributed by atoms with Crippen LogP contribution in [0.1, 0.15) is 10.4 Å². The van der Waals surface area contributed by atoms with Crippen LogP contribution < -0.4 is 19.7 Å². The number of ketones is 1. The van der Waals surface area contributed by atoms with Crippen molar-refractivity contribution in [1.82, 2.24) is 5.32 Å². The molecule has 148 valence electrons. The molecule has 7 nitrogen and oxygen atoms in total. The van der Waals surface area contributed by atoms with Crippen molar-refractivity contribution in [1.29, 1.82) is 0 Å². The Morgan fingerprint density at radius 2 is 1.72 bits per heavy atom. The molecule has 0 saturated carbocycles. The van der Waals surface area contributed by atoms with Crippen LogP contribution in [0.5, 0.6) is 11.5 Å². The first-order valence-corrected chi connectivity index (χ1v) is 9.07. The first-order valence-electron chi connectivity index (χ1n) is 8.29. The molecule has 0 bridgehead atoms. The number of carbonyl (C=O) groups excluding carboxylic acids is 3. The van der Waals surface area contributed by atoms with E-state index in [4.69, 9.17) is 33.3 Å². The lowest BCUT2D eigenvalue weighted by Gasteiger charge is -2.28. The van der Waals surface area contributed by atoms with Crippen molar-refractivity contribution in [3.63, 3.8) is 0 Å². The molecule has 1 N–H and O–H groups in total. The van der Waals surface area contributed by atoms with Gasteiger partial charge in [0.05, 0.1) is 19.9 Å². The van der Waals surface area contributed by atoms with Gasteiger partial charge in [-0.1, -0.05) is 11.6 Å².